The molecule has 0 saturated carbocycles. The largest absolute Gasteiger partial charge is 0.473 e. The first-order valence-corrected chi connectivity index (χ1v) is 10.9. The zero-order valence-electron chi connectivity index (χ0n) is 19.5. The van der Waals surface area contributed by atoms with Gasteiger partial charge >= 0.3 is 5.69 Å². The highest BCUT2D eigenvalue weighted by Crippen LogP contribution is 2.18. The van der Waals surface area contributed by atoms with Gasteiger partial charge in [-0.25, -0.2) is 13.6 Å². The molecule has 0 spiro atoms. The summed E-state index contributed by atoms with van der Waals surface area (Å²) in [7, 11) is 0. The fourth-order valence-corrected chi connectivity index (χ4v) is 3.71. The molecule has 5 nitrogen and oxygen atoms in total. The maximum atomic E-state index is 13.3. The van der Waals surface area contributed by atoms with Crippen molar-refractivity contribution in [3.63, 3.8) is 0 Å². The van der Waals surface area contributed by atoms with E-state index in [-0.39, 0.29) is 29.5 Å². The molecule has 0 radical (unpaired) electrons. The second-order valence-corrected chi connectivity index (χ2v) is 9.57. The average Bonchev–Trinajstić information content (AvgIpc) is 2.64. The van der Waals surface area contributed by atoms with Crippen LogP contribution in [0.15, 0.2) is 29.1 Å². The van der Waals surface area contributed by atoms with Crippen LogP contribution in [-0.4, -0.2) is 34.1 Å². The molecule has 172 valence electrons. The molecule has 0 amide bonds. The van der Waals surface area contributed by atoms with Crippen molar-refractivity contribution in [2.24, 2.45) is 11.3 Å². The number of benzene rings is 1. The van der Waals surface area contributed by atoms with Crippen LogP contribution in [0.1, 0.15) is 52.3 Å². The lowest BCUT2D eigenvalue weighted by molar-refractivity contribution is 0.164. The smallest absolute Gasteiger partial charge is 0.351 e. The van der Waals surface area contributed by atoms with Gasteiger partial charge in [-0.05, 0) is 48.9 Å². The highest BCUT2D eigenvalue weighted by Gasteiger charge is 2.19. The summed E-state index contributed by atoms with van der Waals surface area (Å²) in [4.78, 5) is 19.1. The lowest BCUT2D eigenvalue weighted by atomic mass is 9.95. The summed E-state index contributed by atoms with van der Waals surface area (Å²) in [6, 6.07) is 5.26. The van der Waals surface area contributed by atoms with E-state index in [1.54, 1.807) is 10.6 Å². The number of nitrogens with zero attached hydrogens (tertiary/aromatic N) is 3. The zero-order chi connectivity index (χ0) is 23.2. The van der Waals surface area contributed by atoms with Gasteiger partial charge in [-0.2, -0.15) is 4.98 Å². The number of hydrogen-bond acceptors (Lipinski definition) is 4. The van der Waals surface area contributed by atoms with Crippen LogP contribution < -0.4 is 10.4 Å². The minimum absolute atomic E-state index is 0.00226. The number of halogens is 2. The van der Waals surface area contributed by atoms with Crippen LogP contribution in [0.4, 0.5) is 8.78 Å². The van der Waals surface area contributed by atoms with E-state index in [2.05, 4.69) is 44.5 Å². The van der Waals surface area contributed by atoms with Gasteiger partial charge in [-0.15, -0.1) is 0 Å². The third-order valence-corrected chi connectivity index (χ3v) is 4.87. The van der Waals surface area contributed by atoms with E-state index in [1.165, 1.54) is 6.07 Å². The van der Waals surface area contributed by atoms with E-state index in [0.717, 1.165) is 43.9 Å². The predicted octanol–water partition coefficient (Wildman–Crippen LogP) is 4.80. The van der Waals surface area contributed by atoms with Crippen molar-refractivity contribution >= 4 is 0 Å². The minimum Gasteiger partial charge on any atom is -0.473 e. The Hall–Kier alpha value is -2.28. The summed E-state index contributed by atoms with van der Waals surface area (Å²) in [5.74, 6) is -1.38. The Morgan fingerprint density at radius 1 is 1.19 bits per heavy atom. The molecule has 0 saturated heterocycles. The molecule has 1 aromatic heterocycles. The van der Waals surface area contributed by atoms with Crippen molar-refractivity contribution in [2.75, 3.05) is 19.6 Å². The number of hydrogen-bond donors (Lipinski definition) is 0. The summed E-state index contributed by atoms with van der Waals surface area (Å²) >= 11 is 0. The molecule has 1 aromatic carbocycles. The van der Waals surface area contributed by atoms with Crippen molar-refractivity contribution in [2.45, 2.75) is 61.1 Å². The first-order valence-electron chi connectivity index (χ1n) is 10.9. The van der Waals surface area contributed by atoms with Crippen LogP contribution in [0.2, 0.25) is 0 Å². The molecule has 0 aliphatic carbocycles. The second-order valence-electron chi connectivity index (χ2n) is 9.57. The van der Waals surface area contributed by atoms with Crippen LogP contribution in [0.3, 0.4) is 0 Å². The van der Waals surface area contributed by atoms with Crippen LogP contribution in [0, 0.1) is 29.9 Å². The quantitative estimate of drug-likeness (QED) is 0.538. The third kappa shape index (κ3) is 8.05. The molecule has 7 heteroatoms. The number of aromatic nitrogens is 2. The third-order valence-electron chi connectivity index (χ3n) is 4.87. The zero-order valence-corrected chi connectivity index (χ0v) is 19.5. The maximum Gasteiger partial charge on any atom is 0.351 e. The molecule has 0 N–H and O–H groups in total. The van der Waals surface area contributed by atoms with Gasteiger partial charge in [0.25, 0.3) is 0 Å². The van der Waals surface area contributed by atoms with Gasteiger partial charge in [-0.3, -0.25) is 4.57 Å². The van der Waals surface area contributed by atoms with Gasteiger partial charge in [-0.1, -0.05) is 40.7 Å². The molecule has 0 bridgehead atoms. The molecule has 1 heterocycles. The Morgan fingerprint density at radius 2 is 1.90 bits per heavy atom. The molecule has 2 aromatic rings. The van der Waals surface area contributed by atoms with Crippen molar-refractivity contribution < 1.29 is 13.5 Å². The lowest BCUT2D eigenvalue weighted by Gasteiger charge is -2.32. The van der Waals surface area contributed by atoms with Gasteiger partial charge in [0.05, 0.1) is 0 Å². The Bertz CT molecular complexity index is 922. The van der Waals surface area contributed by atoms with E-state index < -0.39 is 11.6 Å². The molecule has 2 rings (SSSR count). The van der Waals surface area contributed by atoms with Crippen LogP contribution in [0.25, 0.3) is 0 Å². The van der Waals surface area contributed by atoms with Crippen LogP contribution >= 0.6 is 0 Å². The predicted molar refractivity (Wildman–Crippen MR) is 119 cm³/mol. The summed E-state index contributed by atoms with van der Waals surface area (Å²) in [6.07, 6.45) is 1.09. The second kappa shape index (κ2) is 10.8. The van der Waals surface area contributed by atoms with Crippen LogP contribution in [0.5, 0.6) is 5.88 Å². The summed E-state index contributed by atoms with van der Waals surface area (Å²) in [6.45, 7) is 16.4. The molecule has 0 aliphatic rings. The Morgan fingerprint density at radius 3 is 2.48 bits per heavy atom. The number of ether oxygens (including phenoxy) is 1. The van der Waals surface area contributed by atoms with Crippen molar-refractivity contribution in [3.05, 3.63) is 57.6 Å². The summed E-state index contributed by atoms with van der Waals surface area (Å²) < 4.78 is 33.6. The Labute approximate surface area is 184 Å². The highest BCUT2D eigenvalue weighted by atomic mass is 19.2. The van der Waals surface area contributed by atoms with Crippen molar-refractivity contribution in [3.8, 4) is 5.88 Å². The average molecular weight is 436 g/mol. The van der Waals surface area contributed by atoms with Gasteiger partial charge in [0, 0.05) is 31.4 Å². The van der Waals surface area contributed by atoms with Gasteiger partial charge in [0.2, 0.25) is 5.88 Å². The highest BCUT2D eigenvalue weighted by molar-refractivity contribution is 5.19. The molecule has 1 unspecified atom stereocenters. The molecule has 0 fully saturated rings. The van der Waals surface area contributed by atoms with Gasteiger partial charge in [0.1, 0.15) is 6.61 Å². The van der Waals surface area contributed by atoms with Crippen molar-refractivity contribution in [1.29, 1.82) is 0 Å². The minimum atomic E-state index is -0.932. The molecule has 31 heavy (non-hydrogen) atoms. The lowest BCUT2D eigenvalue weighted by Crippen LogP contribution is -2.38. The monoisotopic (exact) mass is 435 g/mol. The van der Waals surface area contributed by atoms with E-state index in [9.17, 15) is 13.6 Å². The first kappa shape index (κ1) is 25.0. The number of aryl methyl sites for hydroxylation is 1. The molecular formula is C24H35F2N3O2. The first-order chi connectivity index (χ1) is 14.5. The molecule has 0 aliphatic heterocycles. The maximum absolute atomic E-state index is 13.3. The van der Waals surface area contributed by atoms with E-state index in [4.69, 9.17) is 4.74 Å². The topological polar surface area (TPSA) is 47.4 Å². The Kier molecular flexibility index (Phi) is 8.74. The van der Waals surface area contributed by atoms with Gasteiger partial charge < -0.3 is 9.64 Å². The summed E-state index contributed by atoms with van der Waals surface area (Å²) in [5.41, 5.74) is 1.07. The molecule has 1 atom stereocenters. The standard InChI is InChI=1S/C24H35F2N3O2/c1-7-10-28(16-24(4,5)6)13-17(2)14-29-18(3)11-22(27-23(29)30)31-15-19-8-9-20(25)21(26)12-19/h8-9,11-12,17H,7,10,13-16H2,1-6H3. The fourth-order valence-electron chi connectivity index (χ4n) is 3.71. The van der Waals surface area contributed by atoms with E-state index in [0.29, 0.717) is 12.1 Å². The van der Waals surface area contributed by atoms with E-state index in [1.807, 2.05) is 6.92 Å². The van der Waals surface area contributed by atoms with Crippen LogP contribution in [-0.2, 0) is 13.2 Å². The van der Waals surface area contributed by atoms with Crippen molar-refractivity contribution in [1.82, 2.24) is 14.5 Å². The molecular weight excluding hydrogens is 400 g/mol. The normalized spacial score (nSPS) is 12.9. The summed E-state index contributed by atoms with van der Waals surface area (Å²) in [5, 5.41) is 0. The SMILES string of the molecule is CCCN(CC(C)Cn1c(C)cc(OCc2ccc(F)c(F)c2)nc1=O)CC(C)(C)C. The Balaban J connectivity index is 2.03. The van der Waals surface area contributed by atoms with E-state index >= 15 is 0 Å². The fraction of sp³-hybridized carbons (Fsp3) is 0.583. The number of rotatable bonds is 10. The van der Waals surface area contributed by atoms with Gasteiger partial charge in [0.15, 0.2) is 11.6 Å².